The van der Waals surface area contributed by atoms with Crippen molar-refractivity contribution in [1.29, 1.82) is 0 Å². The Morgan fingerprint density at radius 3 is 1.95 bits per heavy atom. The van der Waals surface area contributed by atoms with Crippen LogP contribution in [0, 0.1) is 0 Å². The van der Waals surface area contributed by atoms with E-state index in [-0.39, 0.29) is 0 Å². The molecule has 0 aliphatic heterocycles. The number of nitrogens with zero attached hydrogens (tertiary/aromatic N) is 3. The summed E-state index contributed by atoms with van der Waals surface area (Å²) >= 11 is 6.05. The highest BCUT2D eigenvalue weighted by molar-refractivity contribution is 6.17. The summed E-state index contributed by atoms with van der Waals surface area (Å²) in [5.41, 5.74) is 4.92. The third-order valence-corrected chi connectivity index (χ3v) is 3.32. The molecule has 0 bridgehead atoms. The average molecular weight is 282 g/mol. The van der Waals surface area contributed by atoms with Crippen LogP contribution >= 0.6 is 11.6 Å². The Kier molecular flexibility index (Phi) is 3.70. The van der Waals surface area contributed by atoms with Crippen molar-refractivity contribution in [3.63, 3.8) is 0 Å². The Balaban J connectivity index is 2.07. The molecule has 0 spiro atoms. The van der Waals surface area contributed by atoms with E-state index in [0.29, 0.717) is 5.88 Å². The molecule has 0 aliphatic carbocycles. The number of hydrogen-bond acceptors (Lipinski definition) is 3. The van der Waals surface area contributed by atoms with Gasteiger partial charge in [0.15, 0.2) is 0 Å². The Bertz CT molecular complexity index is 699. The smallest absolute Gasteiger partial charge is 0.0707 e. The predicted molar refractivity (Wildman–Crippen MR) is 80.3 cm³/mol. The molecule has 0 amide bonds. The normalized spacial score (nSPS) is 10.4. The van der Waals surface area contributed by atoms with Crippen LogP contribution in [0.4, 0.5) is 0 Å². The third kappa shape index (κ3) is 2.53. The lowest BCUT2D eigenvalue weighted by atomic mass is 10.0. The van der Waals surface area contributed by atoms with Crippen molar-refractivity contribution in [1.82, 2.24) is 15.0 Å². The van der Waals surface area contributed by atoms with Gasteiger partial charge in [0, 0.05) is 35.9 Å². The zero-order valence-electron chi connectivity index (χ0n) is 10.7. The minimum atomic E-state index is 0.372. The molecule has 3 rings (SSSR count). The van der Waals surface area contributed by atoms with Gasteiger partial charge in [0.05, 0.1) is 17.3 Å². The molecule has 98 valence electrons. The third-order valence-electron chi connectivity index (χ3n) is 3.07. The van der Waals surface area contributed by atoms with Gasteiger partial charge in [-0.2, -0.15) is 0 Å². The lowest BCUT2D eigenvalue weighted by molar-refractivity contribution is 1.17. The summed E-state index contributed by atoms with van der Waals surface area (Å²) < 4.78 is 0. The van der Waals surface area contributed by atoms with Gasteiger partial charge in [0.25, 0.3) is 0 Å². The minimum absolute atomic E-state index is 0.372. The molecule has 0 aromatic carbocycles. The van der Waals surface area contributed by atoms with Crippen LogP contribution in [0.1, 0.15) is 5.69 Å². The van der Waals surface area contributed by atoms with Gasteiger partial charge >= 0.3 is 0 Å². The number of alkyl halides is 1. The van der Waals surface area contributed by atoms with Crippen molar-refractivity contribution < 1.29 is 0 Å². The van der Waals surface area contributed by atoms with E-state index in [9.17, 15) is 0 Å². The van der Waals surface area contributed by atoms with E-state index < -0.39 is 0 Å². The zero-order chi connectivity index (χ0) is 13.8. The SMILES string of the molecule is ClCc1nc(-c2ccncc2)ccc1-c1ccncc1. The topological polar surface area (TPSA) is 38.7 Å². The maximum Gasteiger partial charge on any atom is 0.0707 e. The molecule has 3 aromatic heterocycles. The number of rotatable bonds is 3. The zero-order valence-corrected chi connectivity index (χ0v) is 11.5. The highest BCUT2D eigenvalue weighted by atomic mass is 35.5. The van der Waals surface area contributed by atoms with Crippen LogP contribution in [-0.4, -0.2) is 15.0 Å². The van der Waals surface area contributed by atoms with Gasteiger partial charge in [-0.3, -0.25) is 15.0 Å². The van der Waals surface area contributed by atoms with E-state index in [1.165, 1.54) is 0 Å². The van der Waals surface area contributed by atoms with Gasteiger partial charge in [0.1, 0.15) is 0 Å². The number of pyridine rings is 3. The first-order chi connectivity index (χ1) is 9.88. The van der Waals surface area contributed by atoms with Gasteiger partial charge < -0.3 is 0 Å². The van der Waals surface area contributed by atoms with Crippen LogP contribution in [0.2, 0.25) is 0 Å². The van der Waals surface area contributed by atoms with Crippen molar-refractivity contribution >= 4 is 11.6 Å². The van der Waals surface area contributed by atoms with E-state index in [1.54, 1.807) is 24.8 Å². The first-order valence-electron chi connectivity index (χ1n) is 6.25. The van der Waals surface area contributed by atoms with Gasteiger partial charge in [-0.05, 0) is 35.9 Å². The second-order valence-electron chi connectivity index (χ2n) is 4.30. The van der Waals surface area contributed by atoms with Crippen molar-refractivity contribution in [2.24, 2.45) is 0 Å². The standard InChI is InChI=1S/C16H12ClN3/c17-11-16-14(12-3-7-18-8-4-12)1-2-15(20-16)13-5-9-19-10-6-13/h1-10H,11H2. The maximum absolute atomic E-state index is 6.05. The molecule has 3 heterocycles. The first kappa shape index (κ1) is 12.8. The molecule has 0 unspecified atom stereocenters. The fraction of sp³-hybridized carbons (Fsp3) is 0.0625. The van der Waals surface area contributed by atoms with Gasteiger partial charge in [0.2, 0.25) is 0 Å². The lowest BCUT2D eigenvalue weighted by Gasteiger charge is -2.09. The van der Waals surface area contributed by atoms with Crippen LogP contribution in [-0.2, 0) is 5.88 Å². The highest BCUT2D eigenvalue weighted by Crippen LogP contribution is 2.26. The molecule has 0 saturated carbocycles. The van der Waals surface area contributed by atoms with Crippen molar-refractivity contribution in [2.75, 3.05) is 0 Å². The Morgan fingerprint density at radius 1 is 0.750 bits per heavy atom. The maximum atomic E-state index is 6.05. The van der Waals surface area contributed by atoms with E-state index in [4.69, 9.17) is 11.6 Å². The van der Waals surface area contributed by atoms with Crippen LogP contribution in [0.3, 0.4) is 0 Å². The summed E-state index contributed by atoms with van der Waals surface area (Å²) in [4.78, 5) is 12.7. The second kappa shape index (κ2) is 5.80. The molecule has 0 radical (unpaired) electrons. The van der Waals surface area contributed by atoms with Gasteiger partial charge in [-0.25, -0.2) is 0 Å². The highest BCUT2D eigenvalue weighted by Gasteiger charge is 2.08. The van der Waals surface area contributed by atoms with Crippen LogP contribution < -0.4 is 0 Å². The van der Waals surface area contributed by atoms with E-state index in [1.807, 2.05) is 30.3 Å². The molecule has 20 heavy (non-hydrogen) atoms. The Hall–Kier alpha value is -2.26. The number of hydrogen-bond donors (Lipinski definition) is 0. The van der Waals surface area contributed by atoms with Crippen LogP contribution in [0.25, 0.3) is 22.4 Å². The molecule has 0 saturated heterocycles. The molecule has 0 fully saturated rings. The lowest BCUT2D eigenvalue weighted by Crippen LogP contribution is -1.94. The fourth-order valence-corrected chi connectivity index (χ4v) is 2.28. The average Bonchev–Trinajstić information content (AvgIpc) is 2.56. The summed E-state index contributed by atoms with van der Waals surface area (Å²) in [6.45, 7) is 0. The van der Waals surface area contributed by atoms with E-state index in [0.717, 1.165) is 28.1 Å². The first-order valence-corrected chi connectivity index (χ1v) is 6.78. The summed E-state index contributed by atoms with van der Waals surface area (Å²) in [5, 5.41) is 0. The van der Waals surface area contributed by atoms with Crippen LogP contribution in [0.5, 0.6) is 0 Å². The summed E-state index contributed by atoms with van der Waals surface area (Å²) in [5.74, 6) is 0.372. The monoisotopic (exact) mass is 281 g/mol. The molecular formula is C16H12ClN3. The van der Waals surface area contributed by atoms with Crippen molar-refractivity contribution in [3.8, 4) is 22.4 Å². The summed E-state index contributed by atoms with van der Waals surface area (Å²) in [6, 6.07) is 11.8. The summed E-state index contributed by atoms with van der Waals surface area (Å²) in [7, 11) is 0. The van der Waals surface area contributed by atoms with Crippen LogP contribution in [0.15, 0.2) is 61.2 Å². The molecule has 3 nitrogen and oxygen atoms in total. The van der Waals surface area contributed by atoms with Crippen molar-refractivity contribution in [3.05, 3.63) is 66.9 Å². The molecule has 0 N–H and O–H groups in total. The second-order valence-corrected chi connectivity index (χ2v) is 4.56. The minimum Gasteiger partial charge on any atom is -0.265 e. The molecule has 4 heteroatoms. The van der Waals surface area contributed by atoms with E-state index >= 15 is 0 Å². The van der Waals surface area contributed by atoms with Crippen molar-refractivity contribution in [2.45, 2.75) is 5.88 Å². The number of aromatic nitrogens is 3. The molecule has 3 aromatic rings. The number of halogens is 1. The fourth-order valence-electron chi connectivity index (χ4n) is 2.08. The van der Waals surface area contributed by atoms with E-state index in [2.05, 4.69) is 21.0 Å². The molecule has 0 aliphatic rings. The molecular weight excluding hydrogens is 270 g/mol. The van der Waals surface area contributed by atoms with Gasteiger partial charge in [-0.15, -0.1) is 11.6 Å². The largest absolute Gasteiger partial charge is 0.265 e. The predicted octanol–water partition coefficient (Wildman–Crippen LogP) is 3.94. The molecule has 0 atom stereocenters. The Morgan fingerprint density at radius 2 is 1.35 bits per heavy atom. The summed E-state index contributed by atoms with van der Waals surface area (Å²) in [6.07, 6.45) is 7.05. The Labute approximate surface area is 122 Å². The van der Waals surface area contributed by atoms with Gasteiger partial charge in [-0.1, -0.05) is 6.07 Å². The quantitative estimate of drug-likeness (QED) is 0.683.